The third-order valence-corrected chi connectivity index (χ3v) is 6.68. The highest BCUT2D eigenvalue weighted by atomic mass is 19.1. The molecule has 0 unspecified atom stereocenters. The third kappa shape index (κ3) is 4.17. The molecular formula is C28H23F2N5O3. The van der Waals surface area contributed by atoms with Crippen LogP contribution in [0.4, 0.5) is 8.78 Å². The molecule has 0 radical (unpaired) electrons. The van der Waals surface area contributed by atoms with Gasteiger partial charge in [0.1, 0.15) is 24.0 Å². The maximum atomic E-state index is 14.1. The quantitative estimate of drug-likeness (QED) is 0.321. The lowest BCUT2D eigenvalue weighted by Gasteiger charge is -2.15. The van der Waals surface area contributed by atoms with Crippen molar-refractivity contribution in [3.05, 3.63) is 105 Å². The SMILES string of the molecule is CCCc1nc2nc(F)ccc2n1Cc1ccc2c(c1)COc1cc(F)ccc1/C2=C(/C)c1noc(=O)[nH]1. The molecule has 0 fully saturated rings. The number of hydrogen-bond acceptors (Lipinski definition) is 6. The molecule has 5 aromatic rings. The van der Waals surface area contributed by atoms with Crippen molar-refractivity contribution >= 4 is 22.3 Å². The first kappa shape index (κ1) is 23.8. The molecule has 6 rings (SSSR count). The molecule has 0 atom stereocenters. The maximum absolute atomic E-state index is 14.1. The minimum absolute atomic E-state index is 0.213. The zero-order valence-corrected chi connectivity index (χ0v) is 20.7. The number of aromatic amines is 1. The fourth-order valence-electron chi connectivity index (χ4n) is 4.95. The zero-order chi connectivity index (χ0) is 26.4. The van der Waals surface area contributed by atoms with Gasteiger partial charge >= 0.3 is 5.76 Å². The van der Waals surface area contributed by atoms with Gasteiger partial charge in [-0.05, 0) is 65.9 Å². The van der Waals surface area contributed by atoms with Crippen LogP contribution in [-0.4, -0.2) is 24.7 Å². The van der Waals surface area contributed by atoms with E-state index in [2.05, 4.69) is 31.6 Å². The molecule has 192 valence electrons. The summed E-state index contributed by atoms with van der Waals surface area (Å²) in [6.45, 7) is 4.60. The number of pyridine rings is 1. The molecule has 3 aromatic heterocycles. The van der Waals surface area contributed by atoms with Gasteiger partial charge < -0.3 is 9.30 Å². The summed E-state index contributed by atoms with van der Waals surface area (Å²) in [5.74, 6) is -0.132. The van der Waals surface area contributed by atoms with Crippen LogP contribution in [0.3, 0.4) is 0 Å². The summed E-state index contributed by atoms with van der Waals surface area (Å²) in [6, 6.07) is 13.4. The number of ether oxygens (including phenoxy) is 1. The van der Waals surface area contributed by atoms with Crippen LogP contribution in [0.5, 0.6) is 5.75 Å². The van der Waals surface area contributed by atoms with E-state index in [0.29, 0.717) is 29.1 Å². The number of rotatable bonds is 5. The van der Waals surface area contributed by atoms with Crippen LogP contribution in [0.2, 0.25) is 0 Å². The molecule has 10 heteroatoms. The monoisotopic (exact) mass is 515 g/mol. The van der Waals surface area contributed by atoms with E-state index < -0.39 is 17.5 Å². The predicted molar refractivity (Wildman–Crippen MR) is 136 cm³/mol. The number of benzene rings is 2. The second-order valence-corrected chi connectivity index (χ2v) is 9.21. The molecule has 38 heavy (non-hydrogen) atoms. The van der Waals surface area contributed by atoms with E-state index in [-0.39, 0.29) is 12.4 Å². The summed E-state index contributed by atoms with van der Waals surface area (Å²) in [7, 11) is 0. The summed E-state index contributed by atoms with van der Waals surface area (Å²) < 4.78 is 40.7. The van der Waals surface area contributed by atoms with Crippen molar-refractivity contribution < 1.29 is 18.0 Å². The van der Waals surface area contributed by atoms with Gasteiger partial charge in [0.25, 0.3) is 0 Å². The largest absolute Gasteiger partial charge is 0.488 e. The third-order valence-electron chi connectivity index (χ3n) is 6.68. The second-order valence-electron chi connectivity index (χ2n) is 9.21. The van der Waals surface area contributed by atoms with Crippen molar-refractivity contribution in [2.24, 2.45) is 0 Å². The van der Waals surface area contributed by atoms with Gasteiger partial charge in [0.2, 0.25) is 5.95 Å². The van der Waals surface area contributed by atoms with Gasteiger partial charge in [-0.3, -0.25) is 9.51 Å². The van der Waals surface area contributed by atoms with Crippen LogP contribution in [0.25, 0.3) is 22.3 Å². The molecule has 1 aliphatic heterocycles. The second kappa shape index (κ2) is 9.37. The summed E-state index contributed by atoms with van der Waals surface area (Å²) in [5.41, 5.74) is 5.96. The van der Waals surface area contributed by atoms with E-state index in [0.717, 1.165) is 46.4 Å². The number of allylic oxidation sites excluding steroid dienone is 1. The van der Waals surface area contributed by atoms with E-state index in [1.807, 2.05) is 25.1 Å². The number of aryl methyl sites for hydroxylation is 1. The van der Waals surface area contributed by atoms with Gasteiger partial charge in [0, 0.05) is 30.2 Å². The number of nitrogens with one attached hydrogen (secondary N) is 1. The summed E-state index contributed by atoms with van der Waals surface area (Å²) in [5, 5.41) is 3.86. The van der Waals surface area contributed by atoms with Crippen molar-refractivity contribution in [3.8, 4) is 5.75 Å². The molecule has 0 amide bonds. The number of H-pyrrole nitrogens is 1. The van der Waals surface area contributed by atoms with E-state index in [9.17, 15) is 13.6 Å². The molecule has 1 aliphatic rings. The first-order valence-corrected chi connectivity index (χ1v) is 12.2. The van der Waals surface area contributed by atoms with Crippen LogP contribution >= 0.6 is 0 Å². The van der Waals surface area contributed by atoms with Gasteiger partial charge in [-0.1, -0.05) is 24.2 Å². The first-order chi connectivity index (χ1) is 18.4. The molecule has 0 saturated carbocycles. The number of aromatic nitrogens is 5. The van der Waals surface area contributed by atoms with Crippen molar-refractivity contribution in [1.29, 1.82) is 0 Å². The lowest BCUT2D eigenvalue weighted by atomic mass is 9.89. The van der Waals surface area contributed by atoms with Crippen molar-refractivity contribution in [1.82, 2.24) is 24.7 Å². The molecule has 0 saturated heterocycles. The minimum Gasteiger partial charge on any atom is -0.488 e. The Morgan fingerprint density at radius 3 is 2.71 bits per heavy atom. The Morgan fingerprint density at radius 1 is 1.08 bits per heavy atom. The summed E-state index contributed by atoms with van der Waals surface area (Å²) >= 11 is 0. The van der Waals surface area contributed by atoms with E-state index >= 15 is 0 Å². The Kier molecular flexibility index (Phi) is 5.86. The van der Waals surface area contributed by atoms with E-state index in [1.54, 1.807) is 12.1 Å². The lowest BCUT2D eigenvalue weighted by molar-refractivity contribution is 0.305. The van der Waals surface area contributed by atoms with Crippen LogP contribution in [-0.2, 0) is 19.6 Å². The minimum atomic E-state index is -0.662. The van der Waals surface area contributed by atoms with Gasteiger partial charge in [-0.25, -0.2) is 14.2 Å². The fraction of sp³-hybridized carbons (Fsp3) is 0.214. The first-order valence-electron chi connectivity index (χ1n) is 12.2. The standard InChI is InChI=1S/C28H23F2N5O3/c1-3-4-24-32-27-21(9-10-23(30)31-27)35(24)13-16-5-7-19-17(11-16)14-37-22-12-18(29)6-8-20(22)25(19)15(2)26-33-28(36)38-34-26/h5-12H,3-4,13-14H2,1-2H3,(H,33,34,36)/b25-15-. The maximum Gasteiger partial charge on any atom is 0.439 e. The average molecular weight is 516 g/mol. The van der Waals surface area contributed by atoms with Gasteiger partial charge in [-0.15, -0.1) is 0 Å². The Labute approximate surface area is 215 Å². The molecule has 8 nitrogen and oxygen atoms in total. The van der Waals surface area contributed by atoms with Gasteiger partial charge in [0.15, 0.2) is 11.5 Å². The molecular weight excluding hydrogens is 492 g/mol. The van der Waals surface area contributed by atoms with Crippen LogP contribution in [0, 0.1) is 11.8 Å². The zero-order valence-electron chi connectivity index (χ0n) is 20.7. The van der Waals surface area contributed by atoms with Crippen LogP contribution < -0.4 is 10.5 Å². The molecule has 2 aromatic carbocycles. The van der Waals surface area contributed by atoms with Gasteiger partial charge in [-0.2, -0.15) is 9.37 Å². The van der Waals surface area contributed by atoms with Crippen LogP contribution in [0.1, 0.15) is 54.2 Å². The van der Waals surface area contributed by atoms with Crippen molar-refractivity contribution in [2.75, 3.05) is 0 Å². The number of halogens is 2. The molecule has 0 bridgehead atoms. The molecule has 0 spiro atoms. The number of nitrogens with zero attached hydrogens (tertiary/aromatic N) is 4. The Balaban J connectivity index is 1.48. The highest BCUT2D eigenvalue weighted by Crippen LogP contribution is 2.41. The number of fused-ring (bicyclic) bond motifs is 3. The Morgan fingerprint density at radius 2 is 1.92 bits per heavy atom. The summed E-state index contributed by atoms with van der Waals surface area (Å²) in [6.07, 6.45) is 1.62. The molecule has 1 N–H and O–H groups in total. The highest BCUT2D eigenvalue weighted by molar-refractivity contribution is 5.99. The normalized spacial score (nSPS) is 14.1. The Bertz CT molecular complexity index is 1780. The van der Waals surface area contributed by atoms with Gasteiger partial charge in [0.05, 0.1) is 5.52 Å². The smallest absolute Gasteiger partial charge is 0.439 e. The number of imidazole rings is 1. The fourth-order valence-corrected chi connectivity index (χ4v) is 4.95. The predicted octanol–water partition coefficient (Wildman–Crippen LogP) is 5.26. The van der Waals surface area contributed by atoms with Crippen molar-refractivity contribution in [2.45, 2.75) is 39.8 Å². The topological polar surface area (TPSA) is 98.8 Å². The average Bonchev–Trinajstić information content (AvgIpc) is 3.43. The summed E-state index contributed by atoms with van der Waals surface area (Å²) in [4.78, 5) is 22.8. The number of hydrogen-bond donors (Lipinski definition) is 1. The lowest BCUT2D eigenvalue weighted by Crippen LogP contribution is -2.07. The van der Waals surface area contributed by atoms with Crippen LogP contribution in [0.15, 0.2) is 57.8 Å². The van der Waals surface area contributed by atoms with E-state index in [1.165, 1.54) is 18.2 Å². The molecule has 4 heterocycles. The highest BCUT2D eigenvalue weighted by Gasteiger charge is 2.24. The van der Waals surface area contributed by atoms with E-state index in [4.69, 9.17) is 9.26 Å². The van der Waals surface area contributed by atoms with Crippen molar-refractivity contribution in [3.63, 3.8) is 0 Å². The Hall–Kier alpha value is -4.60. The molecule has 0 aliphatic carbocycles.